The molecule has 0 aliphatic heterocycles. The Kier molecular flexibility index (Phi) is 4.85. The Morgan fingerprint density at radius 1 is 0.913 bits per heavy atom. The van der Waals surface area contributed by atoms with E-state index >= 15 is 0 Å². The molecular formula is C14H15FN2O4S2. The van der Waals surface area contributed by atoms with Crippen LogP contribution in [0.15, 0.2) is 58.3 Å². The van der Waals surface area contributed by atoms with Gasteiger partial charge in [0, 0.05) is 6.04 Å². The van der Waals surface area contributed by atoms with Crippen molar-refractivity contribution in [1.82, 2.24) is 4.72 Å². The first-order valence-electron chi connectivity index (χ1n) is 6.50. The summed E-state index contributed by atoms with van der Waals surface area (Å²) in [6.07, 6.45) is 0. The van der Waals surface area contributed by atoms with Crippen LogP contribution in [-0.4, -0.2) is 16.8 Å². The van der Waals surface area contributed by atoms with Crippen molar-refractivity contribution in [3.8, 4) is 0 Å². The molecule has 6 nitrogen and oxygen atoms in total. The number of hydrogen-bond donors (Lipinski definition) is 2. The Morgan fingerprint density at radius 3 is 1.87 bits per heavy atom. The summed E-state index contributed by atoms with van der Waals surface area (Å²) >= 11 is 0. The summed E-state index contributed by atoms with van der Waals surface area (Å²) in [5, 5.41) is 5.00. The summed E-state index contributed by atoms with van der Waals surface area (Å²) in [5.74, 6) is -0.532. The van der Waals surface area contributed by atoms with Crippen molar-refractivity contribution < 1.29 is 21.2 Å². The molecule has 9 heteroatoms. The molecule has 1 atom stereocenters. The lowest BCUT2D eigenvalue weighted by atomic mass is 10.1. The second kappa shape index (κ2) is 6.36. The van der Waals surface area contributed by atoms with E-state index in [1.807, 2.05) is 0 Å². The van der Waals surface area contributed by atoms with Gasteiger partial charge in [0.25, 0.3) is 0 Å². The van der Waals surface area contributed by atoms with Gasteiger partial charge in [-0.05, 0) is 48.9 Å². The fourth-order valence-electron chi connectivity index (χ4n) is 1.93. The highest BCUT2D eigenvalue weighted by atomic mass is 32.2. The molecule has 0 aromatic heterocycles. The summed E-state index contributed by atoms with van der Waals surface area (Å²) in [6, 6.07) is 9.36. The maximum atomic E-state index is 12.9. The minimum Gasteiger partial charge on any atom is -0.225 e. The Morgan fingerprint density at radius 2 is 1.39 bits per heavy atom. The number of nitrogens with one attached hydrogen (secondary N) is 1. The number of rotatable bonds is 5. The molecule has 0 unspecified atom stereocenters. The first kappa shape index (κ1) is 17.5. The molecule has 0 spiro atoms. The summed E-state index contributed by atoms with van der Waals surface area (Å²) in [5.41, 5.74) is 0.558. The predicted molar refractivity (Wildman–Crippen MR) is 83.0 cm³/mol. The van der Waals surface area contributed by atoms with E-state index in [1.54, 1.807) is 6.92 Å². The molecular weight excluding hydrogens is 343 g/mol. The van der Waals surface area contributed by atoms with E-state index < -0.39 is 31.9 Å². The zero-order valence-corrected chi connectivity index (χ0v) is 13.7. The Bertz CT molecular complexity index is 893. The molecule has 0 radical (unpaired) electrons. The Hall–Kier alpha value is -1.81. The molecule has 2 aromatic rings. The van der Waals surface area contributed by atoms with Gasteiger partial charge in [0.1, 0.15) is 5.82 Å². The second-order valence-electron chi connectivity index (χ2n) is 4.91. The number of hydrogen-bond acceptors (Lipinski definition) is 4. The number of sulfonamides is 2. The van der Waals surface area contributed by atoms with Crippen LogP contribution in [0.5, 0.6) is 0 Å². The SMILES string of the molecule is C[C@H](NS(=O)(=O)c1ccc(F)cc1)c1ccc(S(N)(=O)=O)cc1. The van der Waals surface area contributed by atoms with Crippen LogP contribution in [0.25, 0.3) is 0 Å². The van der Waals surface area contributed by atoms with Crippen molar-refractivity contribution in [3.05, 3.63) is 59.9 Å². The third-order valence-electron chi connectivity index (χ3n) is 3.16. The van der Waals surface area contributed by atoms with E-state index in [9.17, 15) is 21.2 Å². The highest BCUT2D eigenvalue weighted by Gasteiger charge is 2.19. The van der Waals surface area contributed by atoms with Crippen LogP contribution in [0.2, 0.25) is 0 Å². The first-order chi connectivity index (χ1) is 10.6. The number of nitrogens with two attached hydrogens (primary N) is 1. The smallest absolute Gasteiger partial charge is 0.225 e. The fourth-order valence-corrected chi connectivity index (χ4v) is 3.68. The van der Waals surface area contributed by atoms with E-state index in [4.69, 9.17) is 5.14 Å². The molecule has 0 amide bonds. The van der Waals surface area contributed by atoms with Crippen molar-refractivity contribution in [2.24, 2.45) is 5.14 Å². The predicted octanol–water partition coefficient (Wildman–Crippen LogP) is 1.51. The summed E-state index contributed by atoms with van der Waals surface area (Å²) in [4.78, 5) is -0.123. The minimum atomic E-state index is -3.82. The molecule has 0 bridgehead atoms. The van der Waals surface area contributed by atoms with E-state index in [2.05, 4.69) is 4.72 Å². The van der Waals surface area contributed by atoms with E-state index in [0.29, 0.717) is 5.56 Å². The largest absolute Gasteiger partial charge is 0.241 e. The van der Waals surface area contributed by atoms with Crippen LogP contribution in [0.3, 0.4) is 0 Å². The van der Waals surface area contributed by atoms with Gasteiger partial charge in [-0.3, -0.25) is 0 Å². The molecule has 0 heterocycles. The minimum absolute atomic E-state index is 0.0603. The lowest BCUT2D eigenvalue weighted by Gasteiger charge is -2.15. The standard InChI is InChI=1S/C14H15FN2O4S2/c1-10(11-2-6-13(7-3-11)22(16,18)19)17-23(20,21)14-8-4-12(15)5-9-14/h2-10,17H,1H3,(H2,16,18,19)/t10-/m0/s1. The van der Waals surface area contributed by atoms with Gasteiger partial charge in [-0.15, -0.1) is 0 Å². The van der Waals surface area contributed by atoms with Gasteiger partial charge in [0.15, 0.2) is 0 Å². The van der Waals surface area contributed by atoms with E-state index in [1.165, 1.54) is 24.3 Å². The van der Waals surface area contributed by atoms with Gasteiger partial charge in [-0.2, -0.15) is 0 Å². The van der Waals surface area contributed by atoms with Crippen LogP contribution in [-0.2, 0) is 20.0 Å². The van der Waals surface area contributed by atoms with Crippen LogP contribution in [0.4, 0.5) is 4.39 Å². The van der Waals surface area contributed by atoms with Crippen molar-refractivity contribution >= 4 is 20.0 Å². The number of halogens is 1. The third kappa shape index (κ3) is 4.35. The maximum absolute atomic E-state index is 12.9. The van der Waals surface area contributed by atoms with Crippen molar-refractivity contribution in [2.45, 2.75) is 22.8 Å². The average Bonchev–Trinajstić information content (AvgIpc) is 2.46. The molecule has 0 saturated heterocycles. The molecule has 2 aromatic carbocycles. The van der Waals surface area contributed by atoms with Crippen LogP contribution >= 0.6 is 0 Å². The zero-order chi connectivity index (χ0) is 17.3. The topological polar surface area (TPSA) is 106 Å². The fraction of sp³-hybridized carbons (Fsp3) is 0.143. The van der Waals surface area contributed by atoms with Gasteiger partial charge >= 0.3 is 0 Å². The monoisotopic (exact) mass is 358 g/mol. The quantitative estimate of drug-likeness (QED) is 0.845. The molecule has 3 N–H and O–H groups in total. The summed E-state index contributed by atoms with van der Waals surface area (Å²) in [6.45, 7) is 1.60. The van der Waals surface area contributed by atoms with E-state index in [-0.39, 0.29) is 9.79 Å². The maximum Gasteiger partial charge on any atom is 0.241 e. The summed E-state index contributed by atoms with van der Waals surface area (Å²) in [7, 11) is -7.62. The normalized spacial score (nSPS) is 13.7. The molecule has 2 rings (SSSR count). The third-order valence-corrected chi connectivity index (χ3v) is 5.65. The van der Waals surface area contributed by atoms with Gasteiger partial charge in [-0.1, -0.05) is 12.1 Å². The van der Waals surface area contributed by atoms with Crippen LogP contribution in [0, 0.1) is 5.82 Å². The van der Waals surface area contributed by atoms with E-state index in [0.717, 1.165) is 24.3 Å². The summed E-state index contributed by atoms with van der Waals surface area (Å²) < 4.78 is 62.1. The second-order valence-corrected chi connectivity index (χ2v) is 8.19. The lowest BCUT2D eigenvalue weighted by molar-refractivity contribution is 0.566. The van der Waals surface area contributed by atoms with Crippen LogP contribution < -0.4 is 9.86 Å². The zero-order valence-electron chi connectivity index (χ0n) is 12.1. The molecule has 0 aliphatic carbocycles. The van der Waals surface area contributed by atoms with Gasteiger partial charge in [0.05, 0.1) is 9.79 Å². The average molecular weight is 358 g/mol. The van der Waals surface area contributed by atoms with Gasteiger partial charge < -0.3 is 0 Å². The lowest BCUT2D eigenvalue weighted by Crippen LogP contribution is -2.27. The van der Waals surface area contributed by atoms with Crippen LogP contribution in [0.1, 0.15) is 18.5 Å². The first-order valence-corrected chi connectivity index (χ1v) is 9.53. The van der Waals surface area contributed by atoms with Crippen molar-refractivity contribution in [3.63, 3.8) is 0 Å². The Balaban J connectivity index is 2.21. The highest BCUT2D eigenvalue weighted by Crippen LogP contribution is 2.19. The molecule has 23 heavy (non-hydrogen) atoms. The van der Waals surface area contributed by atoms with Gasteiger partial charge in [0.2, 0.25) is 20.0 Å². The molecule has 0 aliphatic rings. The molecule has 0 fully saturated rings. The highest BCUT2D eigenvalue weighted by molar-refractivity contribution is 7.89. The van der Waals surface area contributed by atoms with Crippen molar-refractivity contribution in [2.75, 3.05) is 0 Å². The molecule has 124 valence electrons. The van der Waals surface area contributed by atoms with Crippen molar-refractivity contribution in [1.29, 1.82) is 0 Å². The number of primary sulfonamides is 1. The number of benzene rings is 2. The Labute approximate surface area is 134 Å². The molecule has 0 saturated carbocycles. The van der Waals surface area contributed by atoms with Gasteiger partial charge in [-0.25, -0.2) is 31.1 Å².